The second-order valence-corrected chi connectivity index (χ2v) is 10.4. The molecule has 5 heteroatoms. The Morgan fingerprint density at radius 2 is 1.33 bits per heavy atom. The molecule has 0 bridgehead atoms. The van der Waals surface area contributed by atoms with Gasteiger partial charge >= 0.3 is 42.8 Å². The van der Waals surface area contributed by atoms with Crippen LogP contribution >= 0.6 is 27.6 Å². The van der Waals surface area contributed by atoms with Crippen molar-refractivity contribution in [3.05, 3.63) is 5.32 Å². The summed E-state index contributed by atoms with van der Waals surface area (Å²) >= 11 is -1.79. The standard InChI is InChI=1S/C4H10N.Au.3ClH/c1-3-5-4-2;;;;/h3-4H2,1-2H3;;3*1H/q-1;+3;;;/p-3. The van der Waals surface area contributed by atoms with Gasteiger partial charge in [0.25, 0.3) is 0 Å². The van der Waals surface area contributed by atoms with E-state index in [0.717, 1.165) is 13.1 Å². The molecule has 64 valence electrons. The van der Waals surface area contributed by atoms with Crippen LogP contribution in [0.5, 0.6) is 0 Å². The van der Waals surface area contributed by atoms with Crippen LogP contribution in [0.2, 0.25) is 0 Å². The van der Waals surface area contributed by atoms with Crippen LogP contribution in [0.25, 0.3) is 5.32 Å². The third-order valence-corrected chi connectivity index (χ3v) is 0.447. The number of hydrogen-bond acceptors (Lipinski definition) is 0. The molecule has 0 saturated carbocycles. The van der Waals surface area contributed by atoms with Gasteiger partial charge in [0, 0.05) is 0 Å². The molecule has 0 heterocycles. The first-order valence-corrected chi connectivity index (χ1v) is 10.4. The molecular formula is C4H10AuCl3N-. The summed E-state index contributed by atoms with van der Waals surface area (Å²) in [6, 6.07) is 0. The van der Waals surface area contributed by atoms with Crippen LogP contribution in [0, 0.1) is 0 Å². The molecule has 0 aliphatic heterocycles. The van der Waals surface area contributed by atoms with E-state index in [4.69, 9.17) is 27.6 Å². The van der Waals surface area contributed by atoms with E-state index < -0.39 is 15.2 Å². The van der Waals surface area contributed by atoms with Crippen LogP contribution < -0.4 is 0 Å². The summed E-state index contributed by atoms with van der Waals surface area (Å²) in [5, 5.41) is 3.97. The van der Waals surface area contributed by atoms with Gasteiger partial charge in [0.15, 0.2) is 0 Å². The zero-order valence-corrected chi connectivity index (χ0v) is 9.73. The van der Waals surface area contributed by atoms with Crippen LogP contribution in [0.1, 0.15) is 13.8 Å². The molecule has 9 heavy (non-hydrogen) atoms. The molecule has 0 N–H and O–H groups in total. The fourth-order valence-electron chi connectivity index (χ4n) is 0.224. The van der Waals surface area contributed by atoms with Crippen molar-refractivity contribution in [1.82, 2.24) is 0 Å². The second kappa shape index (κ2) is 12.3. The summed E-state index contributed by atoms with van der Waals surface area (Å²) in [5.41, 5.74) is 0. The molecule has 0 aromatic rings. The number of halogens is 3. The summed E-state index contributed by atoms with van der Waals surface area (Å²) < 4.78 is 0. The van der Waals surface area contributed by atoms with Gasteiger partial charge in [-0.3, -0.25) is 0 Å². The van der Waals surface area contributed by atoms with Gasteiger partial charge < -0.3 is 5.32 Å². The van der Waals surface area contributed by atoms with Crippen LogP contribution in [0.15, 0.2) is 0 Å². The molecule has 0 saturated heterocycles. The third-order valence-electron chi connectivity index (χ3n) is 0.447. The summed E-state index contributed by atoms with van der Waals surface area (Å²) in [7, 11) is 14.9. The van der Waals surface area contributed by atoms with E-state index in [0.29, 0.717) is 0 Å². The van der Waals surface area contributed by atoms with Crippen molar-refractivity contribution in [3.8, 4) is 0 Å². The monoisotopic (exact) mass is 374 g/mol. The van der Waals surface area contributed by atoms with Gasteiger partial charge in [0.05, 0.1) is 0 Å². The molecule has 0 aliphatic rings. The molecule has 0 amide bonds. The molecule has 0 radical (unpaired) electrons. The first-order chi connectivity index (χ1) is 4.15. The Morgan fingerprint density at radius 1 is 1.11 bits per heavy atom. The molecule has 0 spiro atoms. The first kappa shape index (κ1) is 13.2. The topological polar surface area (TPSA) is 14.1 Å². The zero-order valence-electron chi connectivity index (χ0n) is 5.30. The third kappa shape index (κ3) is 43.0. The molecule has 0 fully saturated rings. The molecule has 0 unspecified atom stereocenters. The fraction of sp³-hybridized carbons (Fsp3) is 1.00. The summed E-state index contributed by atoms with van der Waals surface area (Å²) in [4.78, 5) is 0. The Balaban J connectivity index is 0. The minimum absolute atomic E-state index is 0.969. The predicted octanol–water partition coefficient (Wildman–Crippen LogP) is 3.47. The van der Waals surface area contributed by atoms with Crippen molar-refractivity contribution in [2.75, 3.05) is 13.1 Å². The van der Waals surface area contributed by atoms with Crippen molar-refractivity contribution in [2.24, 2.45) is 0 Å². The van der Waals surface area contributed by atoms with Crippen molar-refractivity contribution >= 4 is 27.6 Å². The van der Waals surface area contributed by atoms with E-state index in [9.17, 15) is 0 Å². The minimum atomic E-state index is -1.79. The van der Waals surface area contributed by atoms with Gasteiger partial charge in [-0.2, -0.15) is 13.1 Å². The molecular weight excluding hydrogens is 365 g/mol. The van der Waals surface area contributed by atoms with Gasteiger partial charge in [0.1, 0.15) is 0 Å². The Bertz CT molecular complexity index is 40.0. The second-order valence-electron chi connectivity index (χ2n) is 0.985. The summed E-state index contributed by atoms with van der Waals surface area (Å²) in [5.74, 6) is 0. The SMILES string of the molecule is CC[N-]CC.[Cl][Au]([Cl])[Cl]. The maximum atomic E-state index is 4.95. The Kier molecular flexibility index (Phi) is 18.0. The van der Waals surface area contributed by atoms with E-state index in [1.807, 2.05) is 13.8 Å². The molecule has 0 rings (SSSR count). The average Bonchev–Trinajstić information content (AvgIpc) is 1.66. The number of hydrogen-bond donors (Lipinski definition) is 0. The predicted molar refractivity (Wildman–Crippen MR) is 42.0 cm³/mol. The molecule has 0 aromatic carbocycles. The fourth-order valence-corrected chi connectivity index (χ4v) is 0.224. The normalized spacial score (nSPS) is 9.67. The van der Waals surface area contributed by atoms with Crippen LogP contribution in [-0.4, -0.2) is 13.1 Å². The van der Waals surface area contributed by atoms with Gasteiger partial charge in [-0.15, -0.1) is 0 Å². The van der Waals surface area contributed by atoms with E-state index in [2.05, 4.69) is 5.32 Å². The van der Waals surface area contributed by atoms with Crippen molar-refractivity contribution in [3.63, 3.8) is 0 Å². The van der Waals surface area contributed by atoms with E-state index in [1.54, 1.807) is 0 Å². The van der Waals surface area contributed by atoms with Gasteiger partial charge in [-0.25, -0.2) is 0 Å². The number of rotatable bonds is 2. The molecule has 1 nitrogen and oxygen atoms in total. The van der Waals surface area contributed by atoms with Gasteiger partial charge in [-0.05, 0) is 0 Å². The Morgan fingerprint density at radius 3 is 1.33 bits per heavy atom. The van der Waals surface area contributed by atoms with Crippen molar-refractivity contribution < 1.29 is 15.2 Å². The van der Waals surface area contributed by atoms with Crippen LogP contribution in [0.3, 0.4) is 0 Å². The van der Waals surface area contributed by atoms with Gasteiger partial charge in [0.2, 0.25) is 0 Å². The Hall–Kier alpha value is 1.57. The zero-order chi connectivity index (χ0) is 7.70. The van der Waals surface area contributed by atoms with E-state index in [-0.39, 0.29) is 0 Å². The molecule has 0 atom stereocenters. The molecule has 0 aliphatic carbocycles. The van der Waals surface area contributed by atoms with Crippen molar-refractivity contribution in [1.29, 1.82) is 0 Å². The molecule has 0 aromatic heterocycles. The van der Waals surface area contributed by atoms with E-state index >= 15 is 0 Å². The Labute approximate surface area is 74.6 Å². The average molecular weight is 375 g/mol. The summed E-state index contributed by atoms with van der Waals surface area (Å²) in [6.45, 7) is 6.03. The first-order valence-electron chi connectivity index (χ1n) is 2.39. The summed E-state index contributed by atoms with van der Waals surface area (Å²) in [6.07, 6.45) is 0. The van der Waals surface area contributed by atoms with Crippen LogP contribution in [0.4, 0.5) is 0 Å². The maximum absolute atomic E-state index is 4.95. The quantitative estimate of drug-likeness (QED) is 0.657. The van der Waals surface area contributed by atoms with E-state index in [1.165, 1.54) is 0 Å². The number of nitrogens with zero attached hydrogens (tertiary/aromatic N) is 1. The van der Waals surface area contributed by atoms with Crippen molar-refractivity contribution in [2.45, 2.75) is 13.8 Å². The van der Waals surface area contributed by atoms with Gasteiger partial charge in [-0.1, -0.05) is 13.8 Å². The van der Waals surface area contributed by atoms with Crippen LogP contribution in [-0.2, 0) is 15.2 Å².